The first-order valence-electron chi connectivity index (χ1n) is 1.96. The lowest BCUT2D eigenvalue weighted by molar-refractivity contribution is 0.267. The van der Waals surface area contributed by atoms with Crippen LogP contribution in [0.25, 0.3) is 0 Å². The Kier molecular flexibility index (Phi) is 1.38. The molecule has 0 radical (unpaired) electrons. The van der Waals surface area contributed by atoms with E-state index in [0.717, 1.165) is 0 Å². The number of nitrogens with one attached hydrogen (secondary N) is 2. The van der Waals surface area contributed by atoms with Crippen molar-refractivity contribution in [2.24, 2.45) is 0 Å². The maximum absolute atomic E-state index is 4.45. The maximum atomic E-state index is 4.45. The maximum Gasteiger partial charge on any atom is 0.286 e. The number of tetrazole rings is 1. The van der Waals surface area contributed by atoms with Crippen molar-refractivity contribution < 1.29 is 4.84 Å². The van der Waals surface area contributed by atoms with E-state index >= 15 is 0 Å². The molecule has 0 atom stereocenters. The zero-order valence-corrected chi connectivity index (χ0v) is 4.25. The van der Waals surface area contributed by atoms with Crippen LogP contribution in [0.4, 0.5) is 5.95 Å². The molecular weight excluding hydrogens is 110 g/mol. The molecule has 2 N–H and O–H groups in total. The molecular formula is C2H5N5O. The topological polar surface area (TPSA) is 75.7 Å². The molecule has 0 aliphatic rings. The average Bonchev–Trinajstić information content (AvgIpc) is 2.19. The second kappa shape index (κ2) is 2.22. The first kappa shape index (κ1) is 4.98. The minimum atomic E-state index is 0.326. The molecule has 1 rings (SSSR count). The van der Waals surface area contributed by atoms with Gasteiger partial charge in [-0.1, -0.05) is 5.10 Å². The largest absolute Gasteiger partial charge is 0.286 e. The second-order valence-electron chi connectivity index (χ2n) is 1.04. The number of hydrogen-bond acceptors (Lipinski definition) is 5. The summed E-state index contributed by atoms with van der Waals surface area (Å²) >= 11 is 0. The van der Waals surface area contributed by atoms with Gasteiger partial charge < -0.3 is 0 Å². The van der Waals surface area contributed by atoms with E-state index in [2.05, 4.69) is 30.9 Å². The predicted molar refractivity (Wildman–Crippen MR) is 24.8 cm³/mol. The fourth-order valence-electron chi connectivity index (χ4n) is 0.296. The highest BCUT2D eigenvalue weighted by atomic mass is 16.6. The third-order valence-corrected chi connectivity index (χ3v) is 0.539. The van der Waals surface area contributed by atoms with Crippen LogP contribution in [0.5, 0.6) is 0 Å². The van der Waals surface area contributed by atoms with Gasteiger partial charge in [-0.25, -0.2) is 5.48 Å². The van der Waals surface area contributed by atoms with Crippen LogP contribution in [0.3, 0.4) is 0 Å². The van der Waals surface area contributed by atoms with Crippen molar-refractivity contribution in [3.05, 3.63) is 0 Å². The van der Waals surface area contributed by atoms with E-state index in [1.165, 1.54) is 7.11 Å². The van der Waals surface area contributed by atoms with Crippen LogP contribution in [0.15, 0.2) is 0 Å². The number of hydrogen-bond donors (Lipinski definition) is 2. The summed E-state index contributed by atoms with van der Waals surface area (Å²) < 4.78 is 0. The predicted octanol–water partition coefficient (Wildman–Crippen LogP) is -0.827. The minimum absolute atomic E-state index is 0.326. The molecule has 0 aliphatic heterocycles. The SMILES string of the molecule is CONc1nn[nH]n1. The van der Waals surface area contributed by atoms with E-state index in [9.17, 15) is 0 Å². The minimum Gasteiger partial charge on any atom is -0.277 e. The Hall–Kier alpha value is -1.17. The smallest absolute Gasteiger partial charge is 0.277 e. The molecule has 6 heteroatoms. The van der Waals surface area contributed by atoms with E-state index in [-0.39, 0.29) is 0 Å². The van der Waals surface area contributed by atoms with E-state index in [0.29, 0.717) is 5.95 Å². The lowest BCUT2D eigenvalue weighted by atomic mass is 11.1. The molecule has 8 heavy (non-hydrogen) atoms. The molecule has 1 aromatic heterocycles. The van der Waals surface area contributed by atoms with Gasteiger partial charge in [0.2, 0.25) is 0 Å². The first-order valence-corrected chi connectivity index (χ1v) is 1.96. The molecule has 0 spiro atoms. The van der Waals surface area contributed by atoms with Gasteiger partial charge in [-0.05, 0) is 5.21 Å². The summed E-state index contributed by atoms with van der Waals surface area (Å²) in [5, 5.41) is 12.5. The summed E-state index contributed by atoms with van der Waals surface area (Å²) in [5.41, 5.74) is 2.37. The Morgan fingerprint density at radius 1 is 1.75 bits per heavy atom. The van der Waals surface area contributed by atoms with Gasteiger partial charge in [0.25, 0.3) is 5.95 Å². The van der Waals surface area contributed by atoms with E-state index in [4.69, 9.17) is 0 Å². The van der Waals surface area contributed by atoms with Crippen molar-refractivity contribution in [1.29, 1.82) is 0 Å². The molecule has 6 nitrogen and oxygen atoms in total. The van der Waals surface area contributed by atoms with Crippen LogP contribution in [0.1, 0.15) is 0 Å². The molecule has 0 saturated carbocycles. The summed E-state index contributed by atoms with van der Waals surface area (Å²) in [6, 6.07) is 0. The quantitative estimate of drug-likeness (QED) is 0.492. The summed E-state index contributed by atoms with van der Waals surface area (Å²) in [5.74, 6) is 0.326. The Morgan fingerprint density at radius 2 is 2.62 bits per heavy atom. The molecule has 0 bridgehead atoms. The van der Waals surface area contributed by atoms with Crippen molar-refractivity contribution >= 4 is 5.95 Å². The number of aromatic nitrogens is 4. The number of anilines is 1. The lowest BCUT2D eigenvalue weighted by Gasteiger charge is -1.89. The molecule has 44 valence electrons. The second-order valence-corrected chi connectivity index (χ2v) is 1.04. The van der Waals surface area contributed by atoms with Gasteiger partial charge in [0.15, 0.2) is 0 Å². The van der Waals surface area contributed by atoms with Crippen molar-refractivity contribution in [2.45, 2.75) is 0 Å². The summed E-state index contributed by atoms with van der Waals surface area (Å²) in [6.45, 7) is 0. The van der Waals surface area contributed by atoms with E-state index < -0.39 is 0 Å². The van der Waals surface area contributed by atoms with Gasteiger partial charge in [0, 0.05) is 0 Å². The molecule has 0 amide bonds. The highest BCUT2D eigenvalue weighted by Gasteiger charge is 1.89. The van der Waals surface area contributed by atoms with Gasteiger partial charge in [0.05, 0.1) is 7.11 Å². The normalized spacial score (nSPS) is 9.12. The van der Waals surface area contributed by atoms with Crippen LogP contribution in [-0.4, -0.2) is 27.7 Å². The van der Waals surface area contributed by atoms with Gasteiger partial charge in [0.1, 0.15) is 0 Å². The summed E-state index contributed by atoms with van der Waals surface area (Å²) in [7, 11) is 1.47. The van der Waals surface area contributed by atoms with Crippen LogP contribution >= 0.6 is 0 Å². The third-order valence-electron chi connectivity index (χ3n) is 0.539. The van der Waals surface area contributed by atoms with E-state index in [1.54, 1.807) is 0 Å². The van der Waals surface area contributed by atoms with Crippen molar-refractivity contribution in [3.8, 4) is 0 Å². The number of H-pyrrole nitrogens is 1. The Morgan fingerprint density at radius 3 is 3.12 bits per heavy atom. The Balaban J connectivity index is 2.50. The average molecular weight is 115 g/mol. The van der Waals surface area contributed by atoms with Gasteiger partial charge in [-0.15, -0.1) is 5.10 Å². The monoisotopic (exact) mass is 115 g/mol. The Bertz CT molecular complexity index is 136. The van der Waals surface area contributed by atoms with Gasteiger partial charge >= 0.3 is 0 Å². The standard InChI is InChI=1S/C2H5N5O/c1-8-5-2-3-6-7-4-2/h1H3,(H2,3,4,5,6,7). The fraction of sp³-hybridized carbons (Fsp3) is 0.500. The van der Waals surface area contributed by atoms with Crippen LogP contribution in [-0.2, 0) is 4.84 Å². The third kappa shape index (κ3) is 0.909. The highest BCUT2D eigenvalue weighted by Crippen LogP contribution is 1.85. The molecule has 1 heterocycles. The number of rotatable bonds is 2. The molecule has 0 aliphatic carbocycles. The van der Waals surface area contributed by atoms with Gasteiger partial charge in [-0.2, -0.15) is 5.21 Å². The molecule has 0 aromatic carbocycles. The van der Waals surface area contributed by atoms with Crippen LogP contribution in [0, 0.1) is 0 Å². The van der Waals surface area contributed by atoms with Crippen molar-refractivity contribution in [2.75, 3.05) is 12.6 Å². The van der Waals surface area contributed by atoms with E-state index in [1.807, 2.05) is 0 Å². The molecule has 0 fully saturated rings. The van der Waals surface area contributed by atoms with Crippen molar-refractivity contribution in [3.63, 3.8) is 0 Å². The molecule has 1 aromatic rings. The molecule has 0 unspecified atom stereocenters. The summed E-state index contributed by atoms with van der Waals surface area (Å²) in [6.07, 6.45) is 0. The van der Waals surface area contributed by atoms with Gasteiger partial charge in [-0.3, -0.25) is 4.84 Å². The lowest BCUT2D eigenvalue weighted by Crippen LogP contribution is -1.96. The zero-order valence-electron chi connectivity index (χ0n) is 4.25. The Labute approximate surface area is 45.2 Å². The summed E-state index contributed by atoms with van der Waals surface area (Å²) in [4.78, 5) is 4.45. The number of nitrogens with zero attached hydrogens (tertiary/aromatic N) is 3. The van der Waals surface area contributed by atoms with Crippen LogP contribution in [0.2, 0.25) is 0 Å². The number of aromatic amines is 1. The van der Waals surface area contributed by atoms with Crippen molar-refractivity contribution in [1.82, 2.24) is 20.6 Å². The first-order chi connectivity index (χ1) is 3.93. The fourth-order valence-corrected chi connectivity index (χ4v) is 0.296. The zero-order chi connectivity index (χ0) is 5.82. The van der Waals surface area contributed by atoms with Crippen LogP contribution < -0.4 is 5.48 Å². The molecule has 0 saturated heterocycles. The highest BCUT2D eigenvalue weighted by molar-refractivity contribution is 5.12.